The molecule has 1 unspecified atom stereocenters. The monoisotopic (exact) mass is 285 g/mol. The summed E-state index contributed by atoms with van der Waals surface area (Å²) in [5.41, 5.74) is 1.69. The predicted molar refractivity (Wildman–Crippen MR) is 65.3 cm³/mol. The Balaban J connectivity index is 3.17. The summed E-state index contributed by atoms with van der Waals surface area (Å²) >= 11 is 0. The number of nitriles is 1. The topological polar surface area (TPSA) is 92.9 Å². The maximum absolute atomic E-state index is 12.8. The highest BCUT2D eigenvalue weighted by Gasteiger charge is 2.54. The van der Waals surface area contributed by atoms with Gasteiger partial charge in [-0.3, -0.25) is 10.1 Å². The van der Waals surface area contributed by atoms with Crippen molar-refractivity contribution in [2.45, 2.75) is 18.6 Å². The van der Waals surface area contributed by atoms with Crippen LogP contribution >= 0.6 is 0 Å². The summed E-state index contributed by atoms with van der Waals surface area (Å²) in [5.74, 6) is 0. The summed E-state index contributed by atoms with van der Waals surface area (Å²) in [7, 11) is 0. The van der Waals surface area contributed by atoms with Crippen LogP contribution in [0.1, 0.15) is 12.5 Å². The molecule has 20 heavy (non-hydrogen) atoms. The molecule has 0 fully saturated rings. The van der Waals surface area contributed by atoms with E-state index in [1.165, 1.54) is 12.1 Å². The van der Waals surface area contributed by atoms with E-state index in [1.54, 1.807) is 0 Å². The van der Waals surface area contributed by atoms with Crippen LogP contribution in [0.2, 0.25) is 0 Å². The van der Waals surface area contributed by atoms with Crippen molar-refractivity contribution < 1.29 is 18.1 Å². The van der Waals surface area contributed by atoms with E-state index in [-0.39, 0.29) is 11.3 Å². The van der Waals surface area contributed by atoms with Gasteiger partial charge in [0.1, 0.15) is 0 Å². The van der Waals surface area contributed by atoms with Gasteiger partial charge >= 0.3 is 6.18 Å². The SMILES string of the molecule is C/C(=C\c1ccc([N+](=O)[O-])cc1)C(N)(C#N)C(F)(F)F. The second-order valence-corrected chi connectivity index (χ2v) is 4.09. The van der Waals surface area contributed by atoms with Gasteiger partial charge in [-0.15, -0.1) is 0 Å². The molecule has 0 heterocycles. The Labute approximate surface area is 112 Å². The first-order chi connectivity index (χ1) is 9.11. The lowest BCUT2D eigenvalue weighted by Crippen LogP contribution is -2.53. The standard InChI is InChI=1S/C12H10F3N3O2/c1-8(11(17,7-16)12(13,14)15)6-9-2-4-10(5-3-9)18(19)20/h2-6H,17H2,1H3/b8-6+. The maximum Gasteiger partial charge on any atom is 0.423 e. The molecule has 8 heteroatoms. The minimum absolute atomic E-state index is 0.185. The van der Waals surface area contributed by atoms with Crippen molar-refractivity contribution in [1.82, 2.24) is 0 Å². The number of hydrogen-bond donors (Lipinski definition) is 1. The van der Waals surface area contributed by atoms with E-state index in [0.29, 0.717) is 0 Å². The van der Waals surface area contributed by atoms with Gasteiger partial charge in [0, 0.05) is 12.1 Å². The first kappa shape index (κ1) is 15.7. The van der Waals surface area contributed by atoms with Crippen molar-refractivity contribution in [1.29, 1.82) is 5.26 Å². The fraction of sp³-hybridized carbons (Fsp3) is 0.250. The summed E-state index contributed by atoms with van der Waals surface area (Å²) in [6, 6.07) is 5.89. The summed E-state index contributed by atoms with van der Waals surface area (Å²) in [5, 5.41) is 19.1. The molecule has 0 bridgehead atoms. The lowest BCUT2D eigenvalue weighted by atomic mass is 9.91. The van der Waals surface area contributed by atoms with Crippen LogP contribution in [0.3, 0.4) is 0 Å². The van der Waals surface area contributed by atoms with Crippen molar-refractivity contribution in [3.8, 4) is 6.07 Å². The van der Waals surface area contributed by atoms with Gasteiger partial charge in [-0.1, -0.05) is 6.08 Å². The van der Waals surface area contributed by atoms with Crippen LogP contribution in [-0.2, 0) is 0 Å². The summed E-state index contributed by atoms with van der Waals surface area (Å²) < 4.78 is 38.3. The highest BCUT2D eigenvalue weighted by molar-refractivity contribution is 5.58. The Morgan fingerprint density at radius 3 is 2.25 bits per heavy atom. The molecule has 0 amide bonds. The van der Waals surface area contributed by atoms with Gasteiger partial charge in [0.15, 0.2) is 0 Å². The highest BCUT2D eigenvalue weighted by atomic mass is 19.4. The highest BCUT2D eigenvalue weighted by Crippen LogP contribution is 2.34. The van der Waals surface area contributed by atoms with Gasteiger partial charge in [-0.05, 0) is 30.2 Å². The van der Waals surface area contributed by atoms with Gasteiger partial charge in [-0.25, -0.2) is 0 Å². The molecular formula is C12H10F3N3O2. The number of halogens is 3. The molecule has 0 aromatic heterocycles. The van der Waals surface area contributed by atoms with Gasteiger partial charge in [0.05, 0.1) is 11.0 Å². The molecule has 5 nitrogen and oxygen atoms in total. The smallest absolute Gasteiger partial charge is 0.302 e. The third-order valence-corrected chi connectivity index (χ3v) is 2.73. The molecule has 0 radical (unpaired) electrons. The number of nitro benzene ring substituents is 1. The average molecular weight is 285 g/mol. The van der Waals surface area contributed by atoms with E-state index >= 15 is 0 Å². The van der Waals surface area contributed by atoms with Crippen LogP contribution in [0.25, 0.3) is 6.08 Å². The normalized spacial score (nSPS) is 15.3. The predicted octanol–water partition coefficient (Wildman–Crippen LogP) is 2.78. The van der Waals surface area contributed by atoms with Crippen molar-refractivity contribution in [2.24, 2.45) is 5.73 Å². The van der Waals surface area contributed by atoms with Crippen molar-refractivity contribution in [2.75, 3.05) is 0 Å². The Morgan fingerprint density at radius 1 is 1.40 bits per heavy atom. The molecule has 106 valence electrons. The minimum atomic E-state index is -4.91. The number of rotatable bonds is 3. The molecule has 1 rings (SSSR count). The molecule has 1 aromatic rings. The molecule has 1 aromatic carbocycles. The second-order valence-electron chi connectivity index (χ2n) is 4.09. The number of nitrogens with two attached hydrogens (primary N) is 1. The summed E-state index contributed by atoms with van der Waals surface area (Å²) in [6.07, 6.45) is -3.84. The lowest BCUT2D eigenvalue weighted by Gasteiger charge is -2.25. The van der Waals surface area contributed by atoms with Crippen LogP contribution in [0.15, 0.2) is 29.8 Å². The van der Waals surface area contributed by atoms with E-state index in [0.717, 1.165) is 31.2 Å². The second kappa shape index (κ2) is 5.30. The van der Waals surface area contributed by atoms with E-state index in [2.05, 4.69) is 0 Å². The molecule has 0 spiro atoms. The number of benzene rings is 1. The first-order valence-electron chi connectivity index (χ1n) is 5.32. The van der Waals surface area contributed by atoms with E-state index in [1.807, 2.05) is 0 Å². The Morgan fingerprint density at radius 2 is 1.90 bits per heavy atom. The zero-order valence-corrected chi connectivity index (χ0v) is 10.3. The van der Waals surface area contributed by atoms with Crippen LogP contribution in [0.5, 0.6) is 0 Å². The lowest BCUT2D eigenvalue weighted by molar-refractivity contribution is -0.384. The van der Waals surface area contributed by atoms with Crippen LogP contribution in [-0.4, -0.2) is 16.6 Å². The van der Waals surface area contributed by atoms with Crippen LogP contribution in [0, 0.1) is 21.4 Å². The molecule has 2 N–H and O–H groups in total. The van der Waals surface area contributed by atoms with Crippen molar-refractivity contribution in [3.05, 3.63) is 45.5 Å². The van der Waals surface area contributed by atoms with Gasteiger partial charge in [0.25, 0.3) is 5.69 Å². The third kappa shape index (κ3) is 2.95. The van der Waals surface area contributed by atoms with Gasteiger partial charge < -0.3 is 5.73 Å². The molecule has 0 aliphatic rings. The van der Waals surface area contributed by atoms with Crippen molar-refractivity contribution >= 4 is 11.8 Å². The summed E-state index contributed by atoms with van der Waals surface area (Å²) in [6.45, 7) is 1.08. The number of non-ortho nitro benzene ring substituents is 1. The number of alkyl halides is 3. The fourth-order valence-electron chi connectivity index (χ4n) is 1.43. The Bertz CT molecular complexity index is 587. The van der Waals surface area contributed by atoms with Crippen LogP contribution < -0.4 is 5.73 Å². The number of nitro groups is 1. The van der Waals surface area contributed by atoms with Crippen LogP contribution in [0.4, 0.5) is 18.9 Å². The van der Waals surface area contributed by atoms with Gasteiger partial charge in [-0.2, -0.15) is 18.4 Å². The maximum atomic E-state index is 12.8. The average Bonchev–Trinajstić information content (AvgIpc) is 2.36. The molecule has 0 saturated heterocycles. The number of nitrogens with zero attached hydrogens (tertiary/aromatic N) is 2. The molecule has 0 saturated carbocycles. The minimum Gasteiger partial charge on any atom is -0.302 e. The van der Waals surface area contributed by atoms with Gasteiger partial charge in [0.2, 0.25) is 5.54 Å². The zero-order chi connectivity index (χ0) is 15.6. The molecular weight excluding hydrogens is 275 g/mol. The zero-order valence-electron chi connectivity index (χ0n) is 10.3. The summed E-state index contributed by atoms with van der Waals surface area (Å²) in [4.78, 5) is 9.82. The van der Waals surface area contributed by atoms with E-state index < -0.39 is 22.2 Å². The number of hydrogen-bond acceptors (Lipinski definition) is 4. The third-order valence-electron chi connectivity index (χ3n) is 2.73. The van der Waals surface area contributed by atoms with Crippen molar-refractivity contribution in [3.63, 3.8) is 0 Å². The van der Waals surface area contributed by atoms with E-state index in [9.17, 15) is 23.3 Å². The first-order valence-corrected chi connectivity index (χ1v) is 5.32. The van der Waals surface area contributed by atoms with E-state index in [4.69, 9.17) is 11.0 Å². The fourth-order valence-corrected chi connectivity index (χ4v) is 1.43. The molecule has 0 aliphatic carbocycles. The largest absolute Gasteiger partial charge is 0.423 e. The Kier molecular flexibility index (Phi) is 4.15. The Hall–Kier alpha value is -2.40. The molecule has 0 aliphatic heterocycles. The quantitative estimate of drug-likeness (QED) is 0.682. The molecule has 1 atom stereocenters.